The van der Waals surface area contributed by atoms with E-state index in [2.05, 4.69) is 51.0 Å². The molecular weight excluding hydrogens is 628 g/mol. The summed E-state index contributed by atoms with van der Waals surface area (Å²) in [4.78, 5) is 23.8. The van der Waals surface area contributed by atoms with E-state index in [-0.39, 0.29) is 43.2 Å². The molecule has 2 aromatic carbocycles. The second kappa shape index (κ2) is 14.5. The van der Waals surface area contributed by atoms with Gasteiger partial charge in [-0.25, -0.2) is 4.79 Å². The molecule has 7 rings (SSSR count). The SMILES string of the molecule is COc1c(OCCCCCNC(=O)CCCC[C@@H]2SC[C@@H]3NC(=O)N[C@@H]32)ccc2cc3[n+](cc12)CCc1cc2c(cc1-3)OCO2.[Cl-]. The van der Waals surface area contributed by atoms with Crippen LogP contribution in [0.5, 0.6) is 23.0 Å². The molecule has 0 aliphatic carbocycles. The summed E-state index contributed by atoms with van der Waals surface area (Å²) in [7, 11) is 1.69. The fourth-order valence-electron chi connectivity index (χ4n) is 6.90. The van der Waals surface area contributed by atoms with Crippen molar-refractivity contribution in [3.63, 3.8) is 0 Å². The number of fused-ring (bicyclic) bond motifs is 6. The zero-order valence-corrected chi connectivity index (χ0v) is 27.6. The molecule has 0 bridgehead atoms. The minimum absolute atomic E-state index is 0. The van der Waals surface area contributed by atoms with Crippen molar-refractivity contribution in [1.82, 2.24) is 16.0 Å². The number of nitrogens with zero attached hydrogens (tertiary/aromatic N) is 1. The Morgan fingerprint density at radius 2 is 1.96 bits per heavy atom. The molecule has 3 atom stereocenters. The van der Waals surface area contributed by atoms with E-state index in [4.69, 9.17) is 18.9 Å². The van der Waals surface area contributed by atoms with Gasteiger partial charge in [0.25, 0.3) is 0 Å². The number of thioether (sulfide) groups is 1. The molecule has 246 valence electrons. The Kier molecular flexibility index (Phi) is 10.2. The molecule has 4 aliphatic rings. The Bertz CT molecular complexity index is 1610. The number of pyridine rings is 1. The van der Waals surface area contributed by atoms with Gasteiger partial charge in [-0.1, -0.05) is 6.42 Å². The van der Waals surface area contributed by atoms with E-state index in [0.29, 0.717) is 24.8 Å². The number of hydrogen-bond donors (Lipinski definition) is 3. The summed E-state index contributed by atoms with van der Waals surface area (Å²) in [5, 5.41) is 11.6. The Balaban J connectivity index is 0.00000372. The summed E-state index contributed by atoms with van der Waals surface area (Å²) < 4.78 is 25.5. The predicted octanol–water partition coefficient (Wildman–Crippen LogP) is 1.48. The Morgan fingerprint density at radius 3 is 2.83 bits per heavy atom. The molecule has 1 aromatic heterocycles. The second-order valence-corrected chi connectivity index (χ2v) is 13.5. The fourth-order valence-corrected chi connectivity index (χ4v) is 8.44. The summed E-state index contributed by atoms with van der Waals surface area (Å²) in [6, 6.07) is 11.0. The molecule has 2 fully saturated rings. The summed E-state index contributed by atoms with van der Waals surface area (Å²) in [6.45, 7) is 2.43. The lowest BCUT2D eigenvalue weighted by Crippen LogP contribution is -3.00. The molecule has 2 saturated heterocycles. The number of aromatic nitrogens is 1. The van der Waals surface area contributed by atoms with E-state index >= 15 is 0 Å². The highest BCUT2D eigenvalue weighted by Gasteiger charge is 2.42. The van der Waals surface area contributed by atoms with Crippen LogP contribution in [0, 0.1) is 0 Å². The molecule has 3 aromatic rings. The number of unbranched alkanes of at least 4 members (excludes halogenated alkanes) is 3. The van der Waals surface area contributed by atoms with Crippen molar-refractivity contribution in [3.8, 4) is 34.3 Å². The van der Waals surface area contributed by atoms with Crippen LogP contribution in [0.25, 0.3) is 22.0 Å². The molecule has 3 amide bonds. The van der Waals surface area contributed by atoms with Gasteiger partial charge in [0.15, 0.2) is 35.7 Å². The average molecular weight is 669 g/mol. The number of ether oxygens (including phenoxy) is 4. The topological polar surface area (TPSA) is 111 Å². The van der Waals surface area contributed by atoms with E-state index in [1.165, 1.54) is 11.1 Å². The van der Waals surface area contributed by atoms with E-state index in [1.807, 2.05) is 17.8 Å². The first-order valence-electron chi connectivity index (χ1n) is 16.1. The van der Waals surface area contributed by atoms with Crippen molar-refractivity contribution < 1.29 is 45.5 Å². The number of benzene rings is 2. The molecule has 46 heavy (non-hydrogen) atoms. The first kappa shape index (κ1) is 32.4. The molecule has 0 unspecified atom stereocenters. The Hall–Kier alpha value is -3.57. The first-order chi connectivity index (χ1) is 22.1. The van der Waals surface area contributed by atoms with Crippen LogP contribution in [0.4, 0.5) is 4.79 Å². The van der Waals surface area contributed by atoms with Gasteiger partial charge in [-0.3, -0.25) is 4.79 Å². The van der Waals surface area contributed by atoms with Gasteiger partial charge in [-0.05, 0) is 67.3 Å². The number of nitrogens with one attached hydrogen (secondary N) is 3. The van der Waals surface area contributed by atoms with Gasteiger partial charge in [0.05, 0.1) is 36.8 Å². The third kappa shape index (κ3) is 6.76. The Morgan fingerprint density at radius 1 is 1.09 bits per heavy atom. The lowest BCUT2D eigenvalue weighted by molar-refractivity contribution is -0.686. The van der Waals surface area contributed by atoms with Gasteiger partial charge < -0.3 is 47.3 Å². The number of hydrogen-bond acceptors (Lipinski definition) is 7. The predicted molar refractivity (Wildman–Crippen MR) is 172 cm³/mol. The zero-order valence-electron chi connectivity index (χ0n) is 26.1. The van der Waals surface area contributed by atoms with Crippen LogP contribution in [-0.2, 0) is 17.8 Å². The standard InChI is InChI=1S/C34H40N4O6S.ClH/c1-41-33-24-18-38-13-11-22-16-28-29(44-20-43-28)17-23(22)26(38)15-21(24)9-10-27(33)42-14-6-2-5-12-35-31(39)8-4-3-7-30-32-25(19-45-30)36-34(40)37-32;/h9-10,15-18,25,30,32H,2-8,11-14,19-20H2,1H3,(H2-,35,36,37,39,40);1H/t25-,30-,32-;/m0./s1. The number of amides is 3. The van der Waals surface area contributed by atoms with E-state index < -0.39 is 0 Å². The molecule has 10 nitrogen and oxygen atoms in total. The molecule has 5 heterocycles. The van der Waals surface area contributed by atoms with Crippen LogP contribution >= 0.6 is 11.8 Å². The normalized spacial score (nSPS) is 20.2. The van der Waals surface area contributed by atoms with Gasteiger partial charge in [-0.15, -0.1) is 0 Å². The van der Waals surface area contributed by atoms with E-state index in [0.717, 1.165) is 96.7 Å². The molecule has 0 radical (unpaired) electrons. The third-order valence-corrected chi connectivity index (χ3v) is 10.8. The van der Waals surface area contributed by atoms with Crippen molar-refractivity contribution in [2.45, 2.75) is 75.2 Å². The van der Waals surface area contributed by atoms with Gasteiger partial charge in [0, 0.05) is 36.5 Å². The molecular formula is C34H41ClN4O6S. The number of urea groups is 1. The van der Waals surface area contributed by atoms with Crippen LogP contribution in [0.3, 0.4) is 0 Å². The summed E-state index contributed by atoms with van der Waals surface area (Å²) in [6.07, 6.45) is 9.35. The number of methoxy groups -OCH3 is 1. The lowest BCUT2D eigenvalue weighted by atomic mass is 9.95. The quantitative estimate of drug-likeness (QED) is 0.144. The van der Waals surface area contributed by atoms with Crippen molar-refractivity contribution in [2.24, 2.45) is 0 Å². The van der Waals surface area contributed by atoms with Gasteiger partial charge in [-0.2, -0.15) is 16.3 Å². The molecule has 3 N–H and O–H groups in total. The molecule has 12 heteroatoms. The van der Waals surface area contributed by atoms with Crippen LogP contribution in [-0.4, -0.2) is 62.1 Å². The first-order valence-corrected chi connectivity index (χ1v) is 17.2. The van der Waals surface area contributed by atoms with Crippen LogP contribution in [0.2, 0.25) is 0 Å². The maximum Gasteiger partial charge on any atom is 0.315 e. The summed E-state index contributed by atoms with van der Waals surface area (Å²) in [5.41, 5.74) is 3.61. The van der Waals surface area contributed by atoms with Crippen molar-refractivity contribution in [1.29, 1.82) is 0 Å². The highest BCUT2D eigenvalue weighted by molar-refractivity contribution is 8.00. The summed E-state index contributed by atoms with van der Waals surface area (Å²) in [5.74, 6) is 4.22. The van der Waals surface area contributed by atoms with Gasteiger partial charge in [0.1, 0.15) is 0 Å². The molecule has 0 spiro atoms. The molecule has 0 saturated carbocycles. The van der Waals surface area contributed by atoms with E-state index in [1.54, 1.807) is 7.11 Å². The third-order valence-electron chi connectivity index (χ3n) is 9.26. The second-order valence-electron chi connectivity index (χ2n) is 12.2. The van der Waals surface area contributed by atoms with Crippen molar-refractivity contribution >= 4 is 34.5 Å². The maximum absolute atomic E-state index is 12.3. The average Bonchev–Trinajstić information content (AvgIpc) is 3.76. The van der Waals surface area contributed by atoms with Gasteiger partial charge >= 0.3 is 6.03 Å². The maximum atomic E-state index is 12.3. The Labute approximate surface area is 279 Å². The monoisotopic (exact) mass is 668 g/mol. The highest BCUT2D eigenvalue weighted by atomic mass is 35.5. The van der Waals surface area contributed by atoms with Crippen molar-refractivity contribution in [2.75, 3.05) is 32.8 Å². The number of halogens is 1. The largest absolute Gasteiger partial charge is 1.00 e. The van der Waals surface area contributed by atoms with Crippen LogP contribution in [0.1, 0.15) is 50.5 Å². The number of aryl methyl sites for hydroxylation is 2. The summed E-state index contributed by atoms with van der Waals surface area (Å²) >= 11 is 1.92. The lowest BCUT2D eigenvalue weighted by Gasteiger charge is -2.17. The fraction of sp³-hybridized carbons (Fsp3) is 0.500. The number of carbonyl (C=O) groups is 2. The highest BCUT2D eigenvalue weighted by Crippen LogP contribution is 2.41. The zero-order chi connectivity index (χ0) is 30.8. The van der Waals surface area contributed by atoms with Crippen LogP contribution in [0.15, 0.2) is 36.5 Å². The minimum atomic E-state index is -0.0468. The van der Waals surface area contributed by atoms with Crippen molar-refractivity contribution in [3.05, 3.63) is 42.1 Å². The minimum Gasteiger partial charge on any atom is -1.00 e. The number of rotatable bonds is 13. The van der Waals surface area contributed by atoms with E-state index in [9.17, 15) is 9.59 Å². The smallest absolute Gasteiger partial charge is 0.315 e. The number of carbonyl (C=O) groups excluding carboxylic acids is 2. The van der Waals surface area contributed by atoms with Gasteiger partial charge in [0.2, 0.25) is 18.4 Å². The molecule has 4 aliphatic heterocycles. The van der Waals surface area contributed by atoms with Crippen LogP contribution < -0.4 is 51.9 Å².